The summed E-state index contributed by atoms with van der Waals surface area (Å²) < 4.78 is 0. The maximum absolute atomic E-state index is 4.80. The van der Waals surface area contributed by atoms with E-state index < -0.39 is 12.3 Å². The molecule has 8 aromatic rings. The van der Waals surface area contributed by atoms with Gasteiger partial charge in [0.2, 0.25) is 0 Å². The van der Waals surface area contributed by atoms with Gasteiger partial charge in [-0.3, -0.25) is 0 Å². The van der Waals surface area contributed by atoms with E-state index in [1.54, 1.807) is 0 Å². The monoisotopic (exact) mass is 812 g/mol. The molecule has 0 amide bonds. The summed E-state index contributed by atoms with van der Waals surface area (Å²) in [4.78, 5) is 28.8. The van der Waals surface area contributed by atoms with Crippen molar-refractivity contribution in [3.63, 3.8) is 0 Å². The van der Waals surface area contributed by atoms with Gasteiger partial charge in [0.15, 0.2) is 12.3 Å². The molecular formula is C50H50B2FeN6. The Hall–Kier alpha value is -6.01. The molecule has 6 heterocycles. The van der Waals surface area contributed by atoms with E-state index in [4.69, 9.17) is 29.9 Å². The van der Waals surface area contributed by atoms with Crippen molar-refractivity contribution in [2.75, 3.05) is 0 Å². The molecule has 0 saturated carbocycles. The van der Waals surface area contributed by atoms with Gasteiger partial charge in [-0.2, -0.15) is 10.9 Å². The zero-order valence-electron chi connectivity index (χ0n) is 34.7. The summed E-state index contributed by atoms with van der Waals surface area (Å²) in [6, 6.07) is 54.2. The van der Waals surface area contributed by atoms with Gasteiger partial charge in [-0.05, 0) is 58.4 Å². The van der Waals surface area contributed by atoms with Crippen LogP contribution in [0.15, 0.2) is 195 Å². The van der Waals surface area contributed by atoms with Crippen LogP contribution in [0.3, 0.4) is 0 Å². The van der Waals surface area contributed by atoms with E-state index in [2.05, 4.69) is 126 Å². The molecule has 9 heteroatoms. The van der Waals surface area contributed by atoms with Gasteiger partial charge < -0.3 is 29.9 Å². The third-order valence-corrected chi connectivity index (χ3v) is 11.3. The van der Waals surface area contributed by atoms with Gasteiger partial charge in [-0.1, -0.05) is 163 Å². The van der Waals surface area contributed by atoms with Crippen molar-refractivity contribution in [1.82, 2.24) is 29.9 Å². The van der Waals surface area contributed by atoms with Crippen molar-refractivity contribution in [1.29, 1.82) is 0 Å². The van der Waals surface area contributed by atoms with Gasteiger partial charge >= 0.3 is 17.1 Å². The first-order valence-electron chi connectivity index (χ1n) is 20.1. The smallest absolute Gasteiger partial charge is 0.302 e. The Morgan fingerprint density at radius 2 is 0.492 bits per heavy atom. The van der Waals surface area contributed by atoms with Crippen molar-refractivity contribution in [2.45, 2.75) is 52.4 Å². The fourth-order valence-corrected chi connectivity index (χ4v) is 8.27. The molecular weight excluding hydrogens is 762 g/mol. The number of aromatic nitrogens is 6. The molecule has 0 aliphatic rings. The summed E-state index contributed by atoms with van der Waals surface area (Å²) in [6.07, 6.45) is 7.88. The van der Waals surface area contributed by atoms with Crippen molar-refractivity contribution < 1.29 is 17.1 Å². The normalized spacial score (nSPS) is 11.8. The van der Waals surface area contributed by atoms with Crippen molar-refractivity contribution in [3.8, 4) is 0 Å². The molecule has 0 aliphatic carbocycles. The molecule has 0 spiro atoms. The average Bonchev–Trinajstić information content (AvgIpc) is 3.27. The minimum Gasteiger partial charge on any atom is -0.302 e. The fourth-order valence-electron chi connectivity index (χ4n) is 8.27. The Morgan fingerprint density at radius 1 is 0.288 bits per heavy atom. The maximum atomic E-state index is 4.80. The molecule has 8 rings (SSSR count). The molecule has 0 fully saturated rings. The second-order valence-electron chi connectivity index (χ2n) is 17.0. The average molecular weight is 812 g/mol. The fraction of sp³-hybridized carbons (Fsp3) is 0.160. The maximum Gasteiger partial charge on any atom is 2.00 e. The predicted octanol–water partition coefficient (Wildman–Crippen LogP) is 5.09. The molecule has 294 valence electrons. The summed E-state index contributed by atoms with van der Waals surface area (Å²) in [7, 11) is 0. The molecule has 6 aromatic heterocycles. The van der Waals surface area contributed by atoms with Crippen molar-refractivity contribution in [2.24, 2.45) is 0 Å². The van der Waals surface area contributed by atoms with Crippen LogP contribution >= 0.6 is 0 Å². The Kier molecular flexibility index (Phi) is 13.2. The van der Waals surface area contributed by atoms with E-state index in [0.717, 1.165) is 44.5 Å². The van der Waals surface area contributed by atoms with Crippen molar-refractivity contribution in [3.05, 3.63) is 206 Å². The summed E-state index contributed by atoms with van der Waals surface area (Å²) in [5, 5.41) is 0. The zero-order valence-corrected chi connectivity index (χ0v) is 35.8. The predicted molar refractivity (Wildman–Crippen MR) is 244 cm³/mol. The van der Waals surface area contributed by atoms with Gasteiger partial charge in [0.05, 0.1) is 0 Å². The molecule has 0 unspecified atom stereocenters. The number of rotatable bonds is 8. The minimum absolute atomic E-state index is 0. The van der Waals surface area contributed by atoms with Crippen LogP contribution in [0, 0.1) is 0 Å². The Morgan fingerprint density at radius 3 is 0.644 bits per heavy atom. The molecule has 0 atom stereocenters. The van der Waals surface area contributed by atoms with E-state index >= 15 is 0 Å². The van der Waals surface area contributed by atoms with Gasteiger partial charge in [0.1, 0.15) is 0 Å². The summed E-state index contributed by atoms with van der Waals surface area (Å²) in [6.45, 7) is 13.4. The summed E-state index contributed by atoms with van der Waals surface area (Å²) in [5.74, 6) is 0. The molecule has 59 heavy (non-hydrogen) atoms. The number of hydrogen-bond acceptors (Lipinski definition) is 6. The molecule has 0 bridgehead atoms. The Bertz CT molecular complexity index is 2110. The minimum atomic E-state index is -1.60. The largest absolute Gasteiger partial charge is 2.00 e. The molecule has 0 radical (unpaired) electrons. The summed E-state index contributed by atoms with van der Waals surface area (Å²) in [5.41, 5.74) is 10.9. The summed E-state index contributed by atoms with van der Waals surface area (Å²) >= 11 is 0. The zero-order chi connectivity index (χ0) is 40.6. The van der Waals surface area contributed by atoms with Gasteiger partial charge in [0.25, 0.3) is 0 Å². The van der Waals surface area contributed by atoms with Gasteiger partial charge in [-0.25, -0.2) is 0 Å². The molecule has 6 nitrogen and oxygen atoms in total. The van der Waals surface area contributed by atoms with Crippen LogP contribution in [-0.4, -0.2) is 42.2 Å². The number of benzene rings is 2. The van der Waals surface area contributed by atoms with Crippen LogP contribution in [0.25, 0.3) is 0 Å². The van der Waals surface area contributed by atoms with Crippen LogP contribution in [0.1, 0.15) is 52.7 Å². The van der Waals surface area contributed by atoms with E-state index in [-0.39, 0.29) is 27.9 Å². The van der Waals surface area contributed by atoms with E-state index in [1.165, 1.54) is 11.1 Å². The number of nitrogens with zero attached hydrogens (tertiary/aromatic N) is 6. The number of pyridine rings is 6. The van der Waals surface area contributed by atoms with Crippen LogP contribution < -0.4 is 44.5 Å². The van der Waals surface area contributed by atoms with Crippen molar-refractivity contribution >= 4 is 56.8 Å². The van der Waals surface area contributed by atoms with Gasteiger partial charge in [-0.15, -0.1) is 33.6 Å². The first-order chi connectivity index (χ1) is 28.1. The van der Waals surface area contributed by atoms with E-state index in [9.17, 15) is 0 Å². The van der Waals surface area contributed by atoms with Crippen LogP contribution in [0.5, 0.6) is 0 Å². The quantitative estimate of drug-likeness (QED) is 0.199. The third-order valence-electron chi connectivity index (χ3n) is 11.3. The Labute approximate surface area is 360 Å². The first-order valence-corrected chi connectivity index (χ1v) is 20.1. The second kappa shape index (κ2) is 18.3. The first kappa shape index (κ1) is 42.6. The third kappa shape index (κ3) is 8.73. The molecule has 0 aliphatic heterocycles. The van der Waals surface area contributed by atoms with Gasteiger partial charge in [0, 0.05) is 37.2 Å². The molecule has 0 saturated heterocycles. The second-order valence-corrected chi connectivity index (χ2v) is 17.0. The standard InChI is InChI=1S/2C25H25BN3.Fe/c2*1-25(2,3)20-13-15-21(16-14-20)26(22-10-4-7-17-27-22,23-11-5-8-18-28-23)24-12-6-9-19-29-24;/h2*4-19H,1-3H3;/q2*-1;+2. The molecule has 2 aromatic carbocycles. The molecule has 0 N–H and O–H groups in total. The number of hydrogen-bond donors (Lipinski definition) is 0. The SMILES string of the molecule is CC(C)(C)c1ccc([B-](c2ccccn2)(c2ccccn2)c2ccccn2)cc1.CC(C)(C)c1ccc([B-](c2ccccn2)(c2ccccn2)c2ccccn2)cc1.[Fe+2]. The van der Waals surface area contributed by atoms with E-state index in [0.29, 0.717) is 0 Å². The van der Waals surface area contributed by atoms with Crippen LogP contribution in [0.4, 0.5) is 0 Å². The van der Waals surface area contributed by atoms with E-state index in [1.807, 2.05) is 110 Å². The Balaban J connectivity index is 0.000000195. The topological polar surface area (TPSA) is 77.3 Å². The van der Waals surface area contributed by atoms with Crippen LogP contribution in [0.2, 0.25) is 0 Å². The van der Waals surface area contributed by atoms with Crippen LogP contribution in [-0.2, 0) is 27.9 Å².